The number of phenolic OH excluding ortho intramolecular Hbond substituents is 1. The molecule has 0 bridgehead atoms. The molecule has 1 atom stereocenters. The number of nitrogens with one attached hydrogen (secondary N) is 2. The first-order chi connectivity index (χ1) is 13.3. The third-order valence-electron chi connectivity index (χ3n) is 4.31. The molecule has 0 saturated carbocycles. The average Bonchev–Trinajstić information content (AvgIpc) is 2.70. The fraction of sp³-hybridized carbons (Fsp3) is 0.158. The predicted octanol–water partition coefficient (Wildman–Crippen LogP) is 2.82. The number of aromatic hydroxyl groups is 1. The van der Waals surface area contributed by atoms with E-state index in [0.29, 0.717) is 5.75 Å². The first kappa shape index (κ1) is 18.9. The Morgan fingerprint density at radius 3 is 2.50 bits per heavy atom. The number of benzene rings is 2. The van der Waals surface area contributed by atoms with Gasteiger partial charge in [-0.15, -0.1) is 0 Å². The van der Waals surface area contributed by atoms with Crippen molar-refractivity contribution in [2.24, 2.45) is 0 Å². The average molecular weight is 383 g/mol. The summed E-state index contributed by atoms with van der Waals surface area (Å²) in [6, 6.07) is 10.5. The lowest BCUT2D eigenvalue weighted by atomic mass is 10.1. The van der Waals surface area contributed by atoms with E-state index in [9.17, 15) is 24.8 Å². The highest BCUT2D eigenvalue weighted by atomic mass is 16.6. The van der Waals surface area contributed by atoms with E-state index in [-0.39, 0.29) is 23.1 Å². The fourth-order valence-electron chi connectivity index (χ4n) is 2.75. The highest BCUT2D eigenvalue weighted by molar-refractivity contribution is 5.79. The second-order valence-electron chi connectivity index (χ2n) is 6.14. The van der Waals surface area contributed by atoms with E-state index in [2.05, 4.69) is 10.6 Å². The maximum Gasteiger partial charge on any atom is 0.312 e. The van der Waals surface area contributed by atoms with E-state index in [1.165, 1.54) is 6.07 Å². The Bertz CT molecular complexity index is 1120. The van der Waals surface area contributed by atoms with Crippen molar-refractivity contribution in [2.45, 2.75) is 13.0 Å². The monoisotopic (exact) mass is 383 g/mol. The van der Waals surface area contributed by atoms with Crippen LogP contribution in [0.3, 0.4) is 0 Å². The van der Waals surface area contributed by atoms with Crippen LogP contribution in [0.2, 0.25) is 0 Å². The predicted molar refractivity (Wildman–Crippen MR) is 104 cm³/mol. The van der Waals surface area contributed by atoms with Crippen molar-refractivity contribution in [3.63, 3.8) is 0 Å². The number of nitro groups is 1. The van der Waals surface area contributed by atoms with Gasteiger partial charge in [-0.2, -0.15) is 0 Å². The Morgan fingerprint density at radius 2 is 1.82 bits per heavy atom. The van der Waals surface area contributed by atoms with Crippen molar-refractivity contribution in [1.29, 1.82) is 0 Å². The highest BCUT2D eigenvalue weighted by Crippen LogP contribution is 2.31. The summed E-state index contributed by atoms with van der Waals surface area (Å²) >= 11 is 0. The number of anilines is 3. The third kappa shape index (κ3) is 3.50. The minimum Gasteiger partial charge on any atom is -0.502 e. The van der Waals surface area contributed by atoms with Crippen molar-refractivity contribution >= 4 is 22.7 Å². The van der Waals surface area contributed by atoms with Gasteiger partial charge in [0.05, 0.1) is 12.0 Å². The zero-order chi connectivity index (χ0) is 20.4. The van der Waals surface area contributed by atoms with Crippen molar-refractivity contribution in [2.75, 3.05) is 17.7 Å². The Hall–Kier alpha value is -3.88. The summed E-state index contributed by atoms with van der Waals surface area (Å²) in [7, 11) is 1.55. The van der Waals surface area contributed by atoms with Crippen molar-refractivity contribution < 1.29 is 14.8 Å². The largest absolute Gasteiger partial charge is 0.502 e. The molecular formula is C19H17N3O6. The molecule has 9 nitrogen and oxygen atoms in total. The standard InChI is InChI=1S/C19H17N3O6/c1-10(11-4-3-5-13(8-11)28-2)20-16-17(19(25)18(16)24)21-12-6-7-15(23)14(9-12)22(26)27/h3-10,20-21,23H,1-2H3/t10-/m1/s1. The molecule has 0 aliphatic carbocycles. The van der Waals surface area contributed by atoms with E-state index in [1.54, 1.807) is 19.2 Å². The van der Waals surface area contributed by atoms with Gasteiger partial charge in [-0.05, 0) is 36.8 Å². The van der Waals surface area contributed by atoms with Gasteiger partial charge in [0.1, 0.15) is 17.1 Å². The van der Waals surface area contributed by atoms with Gasteiger partial charge in [-0.3, -0.25) is 19.7 Å². The number of hydrogen-bond donors (Lipinski definition) is 3. The van der Waals surface area contributed by atoms with Gasteiger partial charge in [0.15, 0.2) is 5.75 Å². The summed E-state index contributed by atoms with van der Waals surface area (Å²) in [5.74, 6) is 0.163. The first-order valence-electron chi connectivity index (χ1n) is 8.30. The van der Waals surface area contributed by atoms with Crippen molar-refractivity contribution in [3.05, 3.63) is 78.6 Å². The van der Waals surface area contributed by atoms with Gasteiger partial charge in [0, 0.05) is 17.8 Å². The molecule has 3 rings (SSSR count). The van der Waals surface area contributed by atoms with E-state index >= 15 is 0 Å². The van der Waals surface area contributed by atoms with Crippen LogP contribution in [0.5, 0.6) is 11.5 Å². The topological polar surface area (TPSA) is 131 Å². The van der Waals surface area contributed by atoms with Crippen molar-refractivity contribution in [1.82, 2.24) is 0 Å². The number of phenols is 1. The number of methoxy groups -OCH3 is 1. The number of nitrogens with zero attached hydrogens (tertiary/aromatic N) is 1. The minimum absolute atomic E-state index is 0.0136. The van der Waals surface area contributed by atoms with Crippen LogP contribution in [0.1, 0.15) is 18.5 Å². The zero-order valence-corrected chi connectivity index (χ0v) is 15.1. The Kier molecular flexibility index (Phi) is 4.99. The molecule has 0 aliphatic rings. The molecule has 0 aliphatic heterocycles. The Labute approximate surface area is 159 Å². The van der Waals surface area contributed by atoms with Crippen LogP contribution in [0, 0.1) is 10.1 Å². The lowest BCUT2D eigenvalue weighted by molar-refractivity contribution is -0.385. The zero-order valence-electron chi connectivity index (χ0n) is 15.1. The van der Waals surface area contributed by atoms with Gasteiger partial charge in [0.2, 0.25) is 0 Å². The third-order valence-corrected chi connectivity index (χ3v) is 4.31. The van der Waals surface area contributed by atoms with Crippen LogP contribution in [0.15, 0.2) is 52.1 Å². The summed E-state index contributed by atoms with van der Waals surface area (Å²) in [6.45, 7) is 1.82. The highest BCUT2D eigenvalue weighted by Gasteiger charge is 2.24. The molecule has 0 fully saturated rings. The molecule has 0 aromatic heterocycles. The van der Waals surface area contributed by atoms with Crippen LogP contribution in [0.25, 0.3) is 0 Å². The molecule has 0 radical (unpaired) electrons. The molecule has 9 heteroatoms. The summed E-state index contributed by atoms with van der Waals surface area (Å²) in [5, 5.41) is 26.2. The van der Waals surface area contributed by atoms with Crippen LogP contribution in [-0.2, 0) is 0 Å². The lowest BCUT2D eigenvalue weighted by Gasteiger charge is -2.20. The Morgan fingerprint density at radius 1 is 1.11 bits per heavy atom. The quantitative estimate of drug-likeness (QED) is 0.246. The minimum atomic E-state index is -0.743. The fourth-order valence-corrected chi connectivity index (χ4v) is 2.75. The maximum atomic E-state index is 12.0. The molecule has 0 spiro atoms. The number of ether oxygens (including phenoxy) is 1. The normalized spacial score (nSPS) is 11.8. The second kappa shape index (κ2) is 7.39. The van der Waals surface area contributed by atoms with Crippen LogP contribution in [0.4, 0.5) is 22.7 Å². The molecule has 3 N–H and O–H groups in total. The van der Waals surface area contributed by atoms with E-state index < -0.39 is 27.2 Å². The maximum absolute atomic E-state index is 12.0. The first-order valence-corrected chi connectivity index (χ1v) is 8.30. The number of nitro benzene ring substituents is 1. The van der Waals surface area contributed by atoms with Crippen LogP contribution < -0.4 is 26.2 Å². The van der Waals surface area contributed by atoms with Gasteiger partial charge < -0.3 is 20.5 Å². The summed E-state index contributed by atoms with van der Waals surface area (Å²) in [6.07, 6.45) is 0. The van der Waals surface area contributed by atoms with Crippen molar-refractivity contribution in [3.8, 4) is 11.5 Å². The summed E-state index contributed by atoms with van der Waals surface area (Å²) in [4.78, 5) is 34.2. The Balaban J connectivity index is 1.85. The van der Waals surface area contributed by atoms with Gasteiger partial charge in [0.25, 0.3) is 10.9 Å². The molecule has 0 unspecified atom stereocenters. The van der Waals surface area contributed by atoms with Gasteiger partial charge in [-0.1, -0.05) is 12.1 Å². The molecular weight excluding hydrogens is 366 g/mol. The van der Waals surface area contributed by atoms with E-state index in [1.807, 2.05) is 19.1 Å². The molecule has 144 valence electrons. The number of rotatable bonds is 7. The van der Waals surface area contributed by atoms with Crippen LogP contribution >= 0.6 is 0 Å². The van der Waals surface area contributed by atoms with E-state index in [0.717, 1.165) is 17.7 Å². The van der Waals surface area contributed by atoms with Gasteiger partial charge in [-0.25, -0.2) is 0 Å². The second-order valence-corrected chi connectivity index (χ2v) is 6.14. The summed E-state index contributed by atoms with van der Waals surface area (Å²) in [5.41, 5.74) is -0.757. The SMILES string of the molecule is COc1cccc([C@@H](C)Nc2c(Nc3ccc(O)c([N+](=O)[O-])c3)c(=O)c2=O)c1. The number of hydrogen-bond acceptors (Lipinski definition) is 8. The molecule has 0 amide bonds. The lowest BCUT2D eigenvalue weighted by Crippen LogP contribution is -2.37. The van der Waals surface area contributed by atoms with Crippen LogP contribution in [-0.4, -0.2) is 17.1 Å². The molecule has 3 aromatic carbocycles. The van der Waals surface area contributed by atoms with E-state index in [4.69, 9.17) is 4.74 Å². The molecule has 0 saturated heterocycles. The van der Waals surface area contributed by atoms with Gasteiger partial charge >= 0.3 is 5.69 Å². The molecule has 3 aromatic rings. The smallest absolute Gasteiger partial charge is 0.312 e. The molecule has 28 heavy (non-hydrogen) atoms. The molecule has 0 heterocycles. The summed E-state index contributed by atoms with van der Waals surface area (Å²) < 4.78 is 5.18.